The summed E-state index contributed by atoms with van der Waals surface area (Å²) in [4.78, 5) is 10.9. The third-order valence-electron chi connectivity index (χ3n) is 3.98. The summed E-state index contributed by atoms with van der Waals surface area (Å²) in [6.45, 7) is 12.5. The van der Waals surface area contributed by atoms with Gasteiger partial charge in [0.15, 0.2) is 0 Å². The van der Waals surface area contributed by atoms with E-state index in [0.29, 0.717) is 5.46 Å². The van der Waals surface area contributed by atoms with Gasteiger partial charge in [0.2, 0.25) is 0 Å². The molecule has 1 aromatic rings. The lowest BCUT2D eigenvalue weighted by molar-refractivity contribution is -0.0367. The Balaban J connectivity index is 2.24. The van der Waals surface area contributed by atoms with Crippen LogP contribution in [-0.2, 0) is 9.31 Å². The van der Waals surface area contributed by atoms with Gasteiger partial charge in [0.1, 0.15) is 0 Å². The van der Waals surface area contributed by atoms with E-state index in [1.807, 2.05) is 20.8 Å². The van der Waals surface area contributed by atoms with Gasteiger partial charge in [0.25, 0.3) is 0 Å². The van der Waals surface area contributed by atoms with Crippen LogP contribution in [-0.4, -0.2) is 39.3 Å². The lowest BCUT2D eigenvalue weighted by Crippen LogP contribution is -2.47. The van der Waals surface area contributed by atoms with Crippen LogP contribution in [0.4, 0.5) is 4.79 Å². The molecular formula is C14H23BN2O4. The highest BCUT2D eigenvalue weighted by atomic mass is 16.7. The molecule has 0 aromatic carbocycles. The van der Waals surface area contributed by atoms with Crippen molar-refractivity contribution < 1.29 is 19.2 Å². The normalized spacial score (nSPS) is 25.3. The molecule has 0 saturated carbocycles. The molecule has 6 nitrogen and oxygen atoms in total. The number of aromatic nitrogens is 2. The zero-order valence-corrected chi connectivity index (χ0v) is 13.5. The second-order valence-corrected chi connectivity index (χ2v) is 7.55. The van der Waals surface area contributed by atoms with Gasteiger partial charge in [-0.05, 0) is 32.6 Å². The Morgan fingerprint density at radius 2 is 2.00 bits per heavy atom. The third kappa shape index (κ3) is 3.13. The molecule has 1 saturated heterocycles. The van der Waals surface area contributed by atoms with Gasteiger partial charge in [-0.15, -0.1) is 0 Å². The van der Waals surface area contributed by atoms with Gasteiger partial charge in [-0.3, -0.25) is 0 Å². The number of nitrogens with zero attached hydrogens (tertiary/aromatic N) is 2. The molecule has 2 heterocycles. The molecular weight excluding hydrogens is 271 g/mol. The van der Waals surface area contributed by atoms with Gasteiger partial charge in [-0.2, -0.15) is 9.78 Å². The van der Waals surface area contributed by atoms with E-state index in [2.05, 4.69) is 25.9 Å². The molecule has 0 spiro atoms. The van der Waals surface area contributed by atoms with Crippen LogP contribution < -0.4 is 5.46 Å². The molecule has 1 aliphatic heterocycles. The first-order chi connectivity index (χ1) is 9.44. The topological polar surface area (TPSA) is 73.6 Å². The first kappa shape index (κ1) is 16.0. The number of rotatable bonds is 2. The van der Waals surface area contributed by atoms with E-state index in [4.69, 9.17) is 14.4 Å². The SMILES string of the molecule is CC(C)(C)CC1(C)OB(c2cnn(C(=O)O)c2)OC1(C)C. The van der Waals surface area contributed by atoms with Gasteiger partial charge in [0, 0.05) is 17.9 Å². The Morgan fingerprint density at radius 3 is 2.48 bits per heavy atom. The van der Waals surface area contributed by atoms with E-state index >= 15 is 0 Å². The first-order valence-corrected chi connectivity index (χ1v) is 7.07. The zero-order chi connectivity index (χ0) is 16.1. The van der Waals surface area contributed by atoms with Crippen molar-refractivity contribution in [3.8, 4) is 0 Å². The summed E-state index contributed by atoms with van der Waals surface area (Å²) in [5, 5.41) is 12.7. The van der Waals surface area contributed by atoms with Crippen LogP contribution in [0.1, 0.15) is 48.0 Å². The fourth-order valence-corrected chi connectivity index (χ4v) is 2.76. The second-order valence-electron chi connectivity index (χ2n) is 7.55. The van der Waals surface area contributed by atoms with Crippen molar-refractivity contribution in [1.82, 2.24) is 9.78 Å². The van der Waals surface area contributed by atoms with Crippen LogP contribution in [0.2, 0.25) is 0 Å². The summed E-state index contributed by atoms with van der Waals surface area (Å²) < 4.78 is 13.0. The molecule has 1 atom stereocenters. The minimum absolute atomic E-state index is 0.0928. The highest BCUT2D eigenvalue weighted by molar-refractivity contribution is 6.62. The second kappa shape index (κ2) is 4.85. The molecule has 0 aliphatic carbocycles. The van der Waals surface area contributed by atoms with E-state index in [9.17, 15) is 4.79 Å². The highest BCUT2D eigenvalue weighted by Gasteiger charge is 2.55. The van der Waals surface area contributed by atoms with E-state index in [1.165, 1.54) is 12.4 Å². The summed E-state index contributed by atoms with van der Waals surface area (Å²) in [5.41, 5.74) is -0.226. The third-order valence-corrected chi connectivity index (χ3v) is 3.98. The largest absolute Gasteiger partial charge is 0.498 e. The van der Waals surface area contributed by atoms with E-state index in [-0.39, 0.29) is 5.41 Å². The van der Waals surface area contributed by atoms with Crippen LogP contribution in [0.3, 0.4) is 0 Å². The maximum Gasteiger partial charge on any atom is 0.498 e. The zero-order valence-electron chi connectivity index (χ0n) is 13.5. The summed E-state index contributed by atoms with van der Waals surface area (Å²) in [6, 6.07) is 0. The van der Waals surface area contributed by atoms with E-state index < -0.39 is 24.4 Å². The van der Waals surface area contributed by atoms with Crippen molar-refractivity contribution in [3.63, 3.8) is 0 Å². The number of hydrogen-bond acceptors (Lipinski definition) is 4. The Kier molecular flexibility index (Phi) is 3.70. The van der Waals surface area contributed by atoms with Gasteiger partial charge in [-0.1, -0.05) is 20.8 Å². The van der Waals surface area contributed by atoms with Crippen LogP contribution >= 0.6 is 0 Å². The fraction of sp³-hybridized carbons (Fsp3) is 0.714. The summed E-state index contributed by atoms with van der Waals surface area (Å²) in [5.74, 6) is 0. The number of carbonyl (C=O) groups is 1. The van der Waals surface area contributed by atoms with Gasteiger partial charge in [-0.25, -0.2) is 4.79 Å². The molecule has 21 heavy (non-hydrogen) atoms. The quantitative estimate of drug-likeness (QED) is 0.846. The summed E-state index contributed by atoms with van der Waals surface area (Å²) in [6.07, 6.45) is 2.59. The molecule has 1 aromatic heterocycles. The molecule has 2 rings (SSSR count). The average molecular weight is 294 g/mol. The van der Waals surface area contributed by atoms with Gasteiger partial charge < -0.3 is 14.4 Å². The van der Waals surface area contributed by atoms with E-state index in [1.54, 1.807) is 0 Å². The van der Waals surface area contributed by atoms with Crippen molar-refractivity contribution in [3.05, 3.63) is 12.4 Å². The molecule has 1 fully saturated rings. The monoisotopic (exact) mass is 294 g/mol. The van der Waals surface area contributed by atoms with Crippen molar-refractivity contribution in [2.75, 3.05) is 0 Å². The molecule has 0 amide bonds. The minimum Gasteiger partial charge on any atom is -0.463 e. The van der Waals surface area contributed by atoms with Crippen LogP contribution in [0, 0.1) is 5.41 Å². The fourth-order valence-electron chi connectivity index (χ4n) is 2.76. The highest BCUT2D eigenvalue weighted by Crippen LogP contribution is 2.44. The minimum atomic E-state index is -1.13. The molecule has 116 valence electrons. The average Bonchev–Trinajstić information content (AvgIpc) is 2.80. The molecule has 7 heteroatoms. The smallest absolute Gasteiger partial charge is 0.463 e. The van der Waals surface area contributed by atoms with Crippen LogP contribution in [0.5, 0.6) is 0 Å². The van der Waals surface area contributed by atoms with Crippen molar-refractivity contribution >= 4 is 18.7 Å². The van der Waals surface area contributed by atoms with Crippen molar-refractivity contribution in [2.45, 2.75) is 59.2 Å². The summed E-state index contributed by atoms with van der Waals surface area (Å²) in [7, 11) is -0.597. The van der Waals surface area contributed by atoms with Crippen LogP contribution in [0.15, 0.2) is 12.4 Å². The van der Waals surface area contributed by atoms with Crippen LogP contribution in [0.25, 0.3) is 0 Å². The maximum atomic E-state index is 10.9. The first-order valence-electron chi connectivity index (χ1n) is 7.07. The Morgan fingerprint density at radius 1 is 1.38 bits per heavy atom. The van der Waals surface area contributed by atoms with Crippen molar-refractivity contribution in [2.24, 2.45) is 5.41 Å². The Bertz CT molecular complexity index is 549. The summed E-state index contributed by atoms with van der Waals surface area (Å²) >= 11 is 0. The number of carboxylic acid groups (broad SMARTS) is 1. The predicted molar refractivity (Wildman–Crippen MR) is 79.8 cm³/mol. The van der Waals surface area contributed by atoms with E-state index in [0.717, 1.165) is 11.1 Å². The standard InChI is InChI=1S/C14H23BN2O4/c1-12(2,3)9-14(6)13(4,5)20-15(21-14)10-7-16-17(8-10)11(18)19/h7-8H,9H2,1-6H3,(H,18,19). The van der Waals surface area contributed by atoms with Gasteiger partial charge in [0.05, 0.1) is 11.2 Å². The molecule has 0 bridgehead atoms. The number of hydrogen-bond donors (Lipinski definition) is 1. The van der Waals surface area contributed by atoms with Gasteiger partial charge >= 0.3 is 13.2 Å². The molecule has 1 N–H and O–H groups in total. The lowest BCUT2D eigenvalue weighted by atomic mass is 9.75. The maximum absolute atomic E-state index is 10.9. The molecule has 0 radical (unpaired) electrons. The molecule has 1 aliphatic rings. The predicted octanol–water partition coefficient (Wildman–Crippen LogP) is 2.12. The van der Waals surface area contributed by atoms with Crippen molar-refractivity contribution in [1.29, 1.82) is 0 Å². The Labute approximate surface area is 125 Å². The Hall–Kier alpha value is -1.34. The molecule has 1 unspecified atom stereocenters. The lowest BCUT2D eigenvalue weighted by Gasteiger charge is -2.40.